The number of halogens is 1. The van der Waals surface area contributed by atoms with Gasteiger partial charge in [0.2, 0.25) is 0 Å². The number of para-hydroxylation sites is 1. The number of hydrogen-bond donors (Lipinski definition) is 0. The summed E-state index contributed by atoms with van der Waals surface area (Å²) < 4.78 is 5.90. The van der Waals surface area contributed by atoms with Gasteiger partial charge in [0, 0.05) is 35.3 Å². The third-order valence-electron chi connectivity index (χ3n) is 6.88. The first-order chi connectivity index (χ1) is 19.5. The number of benzene rings is 5. The number of hydrogen-bond acceptors (Lipinski definition) is 4. The van der Waals surface area contributed by atoms with E-state index >= 15 is 0 Å². The van der Waals surface area contributed by atoms with Crippen LogP contribution in [-0.4, -0.2) is 35.7 Å². The highest BCUT2D eigenvalue weighted by atomic mass is 35.5. The Kier molecular flexibility index (Phi) is 6.76. The molecule has 3 amide bonds. The van der Waals surface area contributed by atoms with E-state index in [0.29, 0.717) is 44.3 Å². The van der Waals surface area contributed by atoms with Gasteiger partial charge in [0.1, 0.15) is 11.5 Å². The average molecular weight is 547 g/mol. The van der Waals surface area contributed by atoms with Gasteiger partial charge in [0.05, 0.1) is 10.6 Å². The van der Waals surface area contributed by atoms with E-state index in [1.807, 2.05) is 42.5 Å². The first-order valence-corrected chi connectivity index (χ1v) is 13.2. The maximum absolute atomic E-state index is 13.8. The van der Waals surface area contributed by atoms with Crippen molar-refractivity contribution in [3.63, 3.8) is 0 Å². The van der Waals surface area contributed by atoms with E-state index in [1.54, 1.807) is 72.8 Å². The summed E-state index contributed by atoms with van der Waals surface area (Å²) in [5, 5.41) is 1.81. The molecule has 0 N–H and O–H groups in total. The van der Waals surface area contributed by atoms with Crippen molar-refractivity contribution in [2.45, 2.75) is 0 Å². The SMILES string of the molecule is O=C1c2cccc3cccc(c23)C(=O)N1CCN(C(=O)c1ccccc1Cl)c1ccc(Oc2ccccc2)cc1. The van der Waals surface area contributed by atoms with Crippen molar-refractivity contribution >= 4 is 45.8 Å². The number of anilines is 1. The quantitative estimate of drug-likeness (QED) is 0.202. The molecule has 0 radical (unpaired) electrons. The number of carbonyl (C=O) groups excluding carboxylic acids is 3. The van der Waals surface area contributed by atoms with E-state index in [2.05, 4.69) is 0 Å². The molecule has 0 spiro atoms. The van der Waals surface area contributed by atoms with E-state index in [4.69, 9.17) is 16.3 Å². The van der Waals surface area contributed by atoms with Crippen LogP contribution in [0.4, 0.5) is 5.69 Å². The average Bonchev–Trinajstić information content (AvgIpc) is 2.99. The van der Waals surface area contributed by atoms with Crippen molar-refractivity contribution in [3.05, 3.63) is 137 Å². The van der Waals surface area contributed by atoms with E-state index in [0.717, 1.165) is 5.39 Å². The molecule has 6 rings (SSSR count). The van der Waals surface area contributed by atoms with Crippen LogP contribution in [0.1, 0.15) is 31.1 Å². The molecule has 0 bridgehead atoms. The lowest BCUT2D eigenvalue weighted by Crippen LogP contribution is -2.46. The molecule has 0 unspecified atom stereocenters. The molecule has 5 aromatic carbocycles. The first-order valence-electron chi connectivity index (χ1n) is 12.8. The van der Waals surface area contributed by atoms with Crippen LogP contribution >= 0.6 is 11.6 Å². The van der Waals surface area contributed by atoms with Crippen LogP contribution in [0.5, 0.6) is 11.5 Å². The van der Waals surface area contributed by atoms with Gasteiger partial charge in [-0.15, -0.1) is 0 Å². The number of ether oxygens (including phenoxy) is 1. The molecule has 0 saturated carbocycles. The molecule has 0 aromatic heterocycles. The smallest absolute Gasteiger partial charge is 0.261 e. The molecule has 7 heteroatoms. The first kappa shape index (κ1) is 25.3. The van der Waals surface area contributed by atoms with Crippen LogP contribution in [0.2, 0.25) is 5.02 Å². The standard InChI is InChI=1S/C33H23ClN2O4/c34-29-15-5-4-12-26(29)31(37)35(23-16-18-25(19-17-23)40-24-10-2-1-3-11-24)20-21-36-32(38)27-13-6-8-22-9-7-14-28(30(22)27)33(36)39/h1-19H,20-21H2. The zero-order chi connectivity index (χ0) is 27.6. The maximum Gasteiger partial charge on any atom is 0.261 e. The molecule has 1 heterocycles. The van der Waals surface area contributed by atoms with Crippen LogP contribution in [0, 0.1) is 0 Å². The van der Waals surface area contributed by atoms with Crippen LogP contribution < -0.4 is 9.64 Å². The minimum Gasteiger partial charge on any atom is -0.457 e. The Hall–Kier alpha value is -4.94. The number of imide groups is 1. The second-order valence-electron chi connectivity index (χ2n) is 9.32. The molecule has 40 heavy (non-hydrogen) atoms. The second-order valence-corrected chi connectivity index (χ2v) is 9.72. The Morgan fingerprint density at radius 2 is 1.30 bits per heavy atom. The zero-order valence-corrected chi connectivity index (χ0v) is 22.0. The minimum atomic E-state index is -0.383. The van der Waals surface area contributed by atoms with Crippen LogP contribution in [-0.2, 0) is 0 Å². The van der Waals surface area contributed by atoms with Crippen molar-refractivity contribution < 1.29 is 19.1 Å². The molecule has 1 aliphatic heterocycles. The van der Waals surface area contributed by atoms with Gasteiger partial charge in [-0.1, -0.05) is 66.2 Å². The Labute approximate surface area is 236 Å². The second kappa shape index (κ2) is 10.7. The monoisotopic (exact) mass is 546 g/mol. The van der Waals surface area contributed by atoms with Gasteiger partial charge in [-0.25, -0.2) is 0 Å². The predicted octanol–water partition coefficient (Wildman–Crippen LogP) is 7.23. The molecule has 0 saturated heterocycles. The van der Waals surface area contributed by atoms with Gasteiger partial charge in [-0.3, -0.25) is 19.3 Å². The Bertz CT molecular complexity index is 1700. The molecular weight excluding hydrogens is 524 g/mol. The summed E-state index contributed by atoms with van der Waals surface area (Å²) in [4.78, 5) is 43.4. The molecule has 0 fully saturated rings. The minimum absolute atomic E-state index is 0.000841. The summed E-state index contributed by atoms with van der Waals surface area (Å²) in [5.41, 5.74) is 1.84. The molecule has 196 valence electrons. The normalized spacial score (nSPS) is 12.5. The summed E-state index contributed by atoms with van der Waals surface area (Å²) in [7, 11) is 0. The molecule has 5 aromatic rings. The number of carbonyl (C=O) groups is 3. The van der Waals surface area contributed by atoms with E-state index in [-0.39, 0.29) is 30.8 Å². The lowest BCUT2D eigenvalue weighted by molar-refractivity contribution is 0.0611. The van der Waals surface area contributed by atoms with E-state index < -0.39 is 0 Å². The van der Waals surface area contributed by atoms with Gasteiger partial charge in [-0.05, 0) is 66.0 Å². The fourth-order valence-electron chi connectivity index (χ4n) is 4.93. The highest BCUT2D eigenvalue weighted by Gasteiger charge is 2.33. The highest BCUT2D eigenvalue weighted by Crippen LogP contribution is 2.31. The molecule has 0 aliphatic carbocycles. The van der Waals surface area contributed by atoms with Crippen molar-refractivity contribution in [3.8, 4) is 11.5 Å². The largest absolute Gasteiger partial charge is 0.457 e. The number of nitrogens with zero attached hydrogens (tertiary/aromatic N) is 2. The van der Waals surface area contributed by atoms with Crippen molar-refractivity contribution in [2.24, 2.45) is 0 Å². The Morgan fingerprint density at radius 1 is 0.700 bits per heavy atom. The molecule has 0 atom stereocenters. The lowest BCUT2D eigenvalue weighted by atomic mass is 9.94. The highest BCUT2D eigenvalue weighted by molar-refractivity contribution is 6.34. The molecular formula is C33H23ClN2O4. The van der Waals surface area contributed by atoms with Crippen molar-refractivity contribution in [1.82, 2.24) is 4.90 Å². The van der Waals surface area contributed by atoms with Gasteiger partial charge in [0.15, 0.2) is 0 Å². The summed E-state index contributed by atoms with van der Waals surface area (Å²) >= 11 is 6.38. The zero-order valence-electron chi connectivity index (χ0n) is 21.3. The third-order valence-corrected chi connectivity index (χ3v) is 7.21. The summed E-state index contributed by atoms with van der Waals surface area (Å²) in [6, 6.07) is 34.1. The van der Waals surface area contributed by atoms with Crippen LogP contribution in [0.15, 0.2) is 115 Å². The number of rotatable bonds is 7. The fraction of sp³-hybridized carbons (Fsp3) is 0.0606. The van der Waals surface area contributed by atoms with Gasteiger partial charge >= 0.3 is 0 Å². The molecule has 6 nitrogen and oxygen atoms in total. The van der Waals surface area contributed by atoms with Gasteiger partial charge < -0.3 is 9.64 Å². The Balaban J connectivity index is 1.30. The van der Waals surface area contributed by atoms with Crippen molar-refractivity contribution in [1.29, 1.82) is 0 Å². The van der Waals surface area contributed by atoms with E-state index in [1.165, 1.54) is 9.80 Å². The number of amides is 3. The van der Waals surface area contributed by atoms with Crippen LogP contribution in [0.25, 0.3) is 10.8 Å². The predicted molar refractivity (Wildman–Crippen MR) is 155 cm³/mol. The van der Waals surface area contributed by atoms with Crippen LogP contribution in [0.3, 0.4) is 0 Å². The maximum atomic E-state index is 13.8. The molecule has 1 aliphatic rings. The summed E-state index contributed by atoms with van der Waals surface area (Å²) in [6.07, 6.45) is 0. The third kappa shape index (κ3) is 4.70. The summed E-state index contributed by atoms with van der Waals surface area (Å²) in [6.45, 7) is 0.0689. The topological polar surface area (TPSA) is 66.9 Å². The lowest BCUT2D eigenvalue weighted by Gasteiger charge is -2.30. The van der Waals surface area contributed by atoms with E-state index in [9.17, 15) is 14.4 Å². The fourth-order valence-corrected chi connectivity index (χ4v) is 5.15. The van der Waals surface area contributed by atoms with Gasteiger partial charge in [-0.2, -0.15) is 0 Å². The Morgan fingerprint density at radius 3 is 1.95 bits per heavy atom. The van der Waals surface area contributed by atoms with Crippen molar-refractivity contribution in [2.75, 3.05) is 18.0 Å². The summed E-state index contributed by atoms with van der Waals surface area (Å²) in [5.74, 6) is 0.182. The van der Waals surface area contributed by atoms with Gasteiger partial charge in [0.25, 0.3) is 17.7 Å².